The monoisotopic (exact) mass is 292 g/mol. The van der Waals surface area contributed by atoms with Crippen molar-refractivity contribution in [2.75, 3.05) is 0 Å². The first kappa shape index (κ1) is 15.1. The normalized spacial score (nSPS) is 43.9. The molecule has 3 unspecified atom stereocenters. The molecule has 0 radical (unpaired) electrons. The van der Waals surface area contributed by atoms with Gasteiger partial charge in [-0.25, -0.2) is 4.79 Å². The van der Waals surface area contributed by atoms with Crippen LogP contribution in [0, 0.1) is 17.8 Å². The summed E-state index contributed by atoms with van der Waals surface area (Å²) in [5.41, 5.74) is -0.564. The Hall–Kier alpha value is -0.830. The van der Waals surface area contributed by atoms with Crippen molar-refractivity contribution in [1.29, 1.82) is 0 Å². The Balaban J connectivity index is 1.90. The molecule has 0 aromatic carbocycles. The van der Waals surface area contributed by atoms with E-state index in [4.69, 9.17) is 4.74 Å². The molecule has 0 saturated heterocycles. The van der Waals surface area contributed by atoms with Crippen molar-refractivity contribution in [2.24, 2.45) is 17.8 Å². The maximum absolute atomic E-state index is 12.1. The number of rotatable bonds is 5. The number of ether oxygens (including phenoxy) is 1. The molecule has 118 valence electrons. The molecular formula is C18H28O3. The second-order valence-corrected chi connectivity index (χ2v) is 7.82. The molecule has 4 rings (SSSR count). The van der Waals surface area contributed by atoms with E-state index in [2.05, 4.69) is 13.5 Å². The molecule has 3 heteroatoms. The number of hydrogen-bond acceptors (Lipinski definition) is 3. The molecule has 0 aromatic rings. The van der Waals surface area contributed by atoms with Crippen molar-refractivity contribution in [3.63, 3.8) is 0 Å². The zero-order valence-electron chi connectivity index (χ0n) is 13.4. The van der Waals surface area contributed by atoms with Crippen LogP contribution in [0.1, 0.15) is 65.2 Å². The van der Waals surface area contributed by atoms with Gasteiger partial charge in [0, 0.05) is 11.5 Å². The minimum Gasteiger partial charge on any atom is -0.455 e. The van der Waals surface area contributed by atoms with Gasteiger partial charge in [0.05, 0.1) is 5.60 Å². The lowest BCUT2D eigenvalue weighted by molar-refractivity contribution is -0.256. The third kappa shape index (κ3) is 2.44. The summed E-state index contributed by atoms with van der Waals surface area (Å²) < 4.78 is 5.99. The van der Waals surface area contributed by atoms with Crippen molar-refractivity contribution in [3.8, 4) is 0 Å². The van der Waals surface area contributed by atoms with Crippen LogP contribution in [0.15, 0.2) is 12.2 Å². The highest BCUT2D eigenvalue weighted by Crippen LogP contribution is 2.62. The smallest absolute Gasteiger partial charge is 0.333 e. The van der Waals surface area contributed by atoms with Gasteiger partial charge in [-0.1, -0.05) is 26.3 Å². The van der Waals surface area contributed by atoms with Gasteiger partial charge >= 0.3 is 5.97 Å². The average Bonchev–Trinajstić information content (AvgIpc) is 2.35. The Bertz CT molecular complexity index is 439. The fraction of sp³-hybridized carbons (Fsp3) is 0.833. The van der Waals surface area contributed by atoms with E-state index in [0.717, 1.165) is 44.9 Å². The van der Waals surface area contributed by atoms with E-state index in [1.54, 1.807) is 6.92 Å². The first-order valence-electron chi connectivity index (χ1n) is 8.50. The molecule has 4 aliphatic rings. The van der Waals surface area contributed by atoms with E-state index in [1.807, 2.05) is 0 Å². The fourth-order valence-electron chi connectivity index (χ4n) is 5.52. The van der Waals surface area contributed by atoms with E-state index < -0.39 is 11.2 Å². The van der Waals surface area contributed by atoms with Crippen molar-refractivity contribution in [3.05, 3.63) is 12.2 Å². The first-order valence-corrected chi connectivity index (χ1v) is 8.50. The Kier molecular flexibility index (Phi) is 3.67. The Morgan fingerprint density at radius 1 is 1.29 bits per heavy atom. The highest BCUT2D eigenvalue weighted by molar-refractivity contribution is 5.87. The van der Waals surface area contributed by atoms with Gasteiger partial charge in [0.15, 0.2) is 0 Å². The molecule has 1 N–H and O–H groups in total. The highest BCUT2D eigenvalue weighted by atomic mass is 16.6. The van der Waals surface area contributed by atoms with Gasteiger partial charge in [0.2, 0.25) is 0 Å². The van der Waals surface area contributed by atoms with Crippen LogP contribution in [0.5, 0.6) is 0 Å². The standard InChI is InChI=1S/C18H28O3/c1-4-5-6-15-17(20)8-13-7-14(9-17)11-18(15,10-13)21-16(19)12(2)3/h13-15,20H,2,4-11H2,1,3H3. The first-order chi connectivity index (χ1) is 9.88. The molecule has 4 fully saturated rings. The molecule has 4 bridgehead atoms. The summed E-state index contributed by atoms with van der Waals surface area (Å²) in [6.07, 6.45) is 8.08. The molecule has 4 aliphatic carbocycles. The van der Waals surface area contributed by atoms with Gasteiger partial charge in [-0.3, -0.25) is 0 Å². The van der Waals surface area contributed by atoms with Crippen molar-refractivity contribution in [2.45, 2.75) is 76.4 Å². The van der Waals surface area contributed by atoms with E-state index in [1.165, 1.54) is 6.42 Å². The summed E-state index contributed by atoms with van der Waals surface area (Å²) in [4.78, 5) is 12.1. The molecule has 4 saturated carbocycles. The van der Waals surface area contributed by atoms with Crippen molar-refractivity contribution in [1.82, 2.24) is 0 Å². The fourth-order valence-corrected chi connectivity index (χ4v) is 5.52. The second-order valence-electron chi connectivity index (χ2n) is 7.82. The van der Waals surface area contributed by atoms with Gasteiger partial charge in [0.1, 0.15) is 5.60 Å². The van der Waals surface area contributed by atoms with Crippen molar-refractivity contribution >= 4 is 5.97 Å². The summed E-state index contributed by atoms with van der Waals surface area (Å²) in [5.74, 6) is 0.889. The van der Waals surface area contributed by atoms with Crippen LogP contribution in [0.2, 0.25) is 0 Å². The SMILES string of the molecule is C=C(C)C(=O)OC12CC3CC(CC(O)(C3)C1CCCC)C2. The minimum atomic E-state index is -0.603. The topological polar surface area (TPSA) is 46.5 Å². The van der Waals surface area contributed by atoms with Gasteiger partial charge < -0.3 is 9.84 Å². The maximum atomic E-state index is 12.1. The quantitative estimate of drug-likeness (QED) is 0.622. The zero-order valence-corrected chi connectivity index (χ0v) is 13.4. The van der Waals surface area contributed by atoms with Crippen LogP contribution in [0.4, 0.5) is 0 Å². The van der Waals surface area contributed by atoms with Crippen LogP contribution >= 0.6 is 0 Å². The number of esters is 1. The minimum absolute atomic E-state index is 0.112. The molecule has 0 aromatic heterocycles. The number of carbonyl (C=O) groups excluding carboxylic acids is 1. The number of aliphatic hydroxyl groups is 1. The lowest BCUT2D eigenvalue weighted by Crippen LogP contribution is -2.67. The predicted molar refractivity (Wildman–Crippen MR) is 81.7 cm³/mol. The molecule has 0 amide bonds. The van der Waals surface area contributed by atoms with Crippen LogP contribution in [-0.4, -0.2) is 22.3 Å². The van der Waals surface area contributed by atoms with E-state index in [9.17, 15) is 9.90 Å². The molecule has 3 atom stereocenters. The largest absolute Gasteiger partial charge is 0.455 e. The molecule has 21 heavy (non-hydrogen) atoms. The molecule has 0 aliphatic heterocycles. The predicted octanol–water partition coefficient (Wildman–Crippen LogP) is 3.61. The van der Waals surface area contributed by atoms with Crippen LogP contribution in [0.3, 0.4) is 0 Å². The molecular weight excluding hydrogens is 264 g/mol. The lowest BCUT2D eigenvalue weighted by atomic mass is 9.47. The van der Waals surface area contributed by atoms with Crippen molar-refractivity contribution < 1.29 is 14.6 Å². The average molecular weight is 292 g/mol. The Labute approximate surface area is 127 Å². The molecule has 3 nitrogen and oxygen atoms in total. The third-order valence-corrected chi connectivity index (χ3v) is 5.99. The van der Waals surface area contributed by atoms with Crippen LogP contribution in [-0.2, 0) is 9.53 Å². The van der Waals surface area contributed by atoms with Gasteiger partial charge in [-0.05, 0) is 57.3 Å². The Morgan fingerprint density at radius 3 is 2.43 bits per heavy atom. The lowest BCUT2D eigenvalue weighted by Gasteiger charge is -2.63. The molecule has 0 spiro atoms. The zero-order chi connectivity index (χ0) is 15.3. The number of carbonyl (C=O) groups is 1. The Morgan fingerprint density at radius 2 is 1.90 bits per heavy atom. The summed E-state index contributed by atoms with van der Waals surface area (Å²) >= 11 is 0. The number of hydrogen-bond donors (Lipinski definition) is 1. The summed E-state index contributed by atoms with van der Waals surface area (Å²) in [6.45, 7) is 7.60. The van der Waals surface area contributed by atoms with Gasteiger partial charge in [-0.2, -0.15) is 0 Å². The van der Waals surface area contributed by atoms with E-state index in [-0.39, 0.29) is 11.9 Å². The van der Waals surface area contributed by atoms with Crippen LogP contribution < -0.4 is 0 Å². The van der Waals surface area contributed by atoms with Gasteiger partial charge in [-0.15, -0.1) is 0 Å². The maximum Gasteiger partial charge on any atom is 0.333 e. The van der Waals surface area contributed by atoms with E-state index in [0.29, 0.717) is 17.4 Å². The van der Waals surface area contributed by atoms with Gasteiger partial charge in [0.25, 0.3) is 0 Å². The third-order valence-electron chi connectivity index (χ3n) is 5.99. The summed E-state index contributed by atoms with van der Waals surface area (Å²) in [5, 5.41) is 11.2. The number of unbranched alkanes of at least 4 members (excludes halogenated alkanes) is 1. The summed E-state index contributed by atoms with van der Waals surface area (Å²) in [7, 11) is 0. The van der Waals surface area contributed by atoms with Crippen LogP contribution in [0.25, 0.3) is 0 Å². The second kappa shape index (κ2) is 5.12. The highest BCUT2D eigenvalue weighted by Gasteiger charge is 2.64. The van der Waals surface area contributed by atoms with E-state index >= 15 is 0 Å². The molecule has 0 heterocycles. The summed E-state index contributed by atoms with van der Waals surface area (Å²) in [6, 6.07) is 0.